The van der Waals surface area contributed by atoms with Crippen molar-refractivity contribution in [3.8, 4) is 0 Å². The molecule has 0 saturated carbocycles. The van der Waals surface area contributed by atoms with Gasteiger partial charge in [0.1, 0.15) is 18.8 Å². The monoisotopic (exact) mass is 592 g/mol. The predicted octanol–water partition coefficient (Wildman–Crippen LogP) is 5.17. The quantitative estimate of drug-likeness (QED) is 0.489. The Morgan fingerprint density at radius 3 is 1.63 bits per heavy atom. The Kier molecular flexibility index (Phi) is 9.75. The van der Waals surface area contributed by atoms with Crippen LogP contribution in [-0.4, -0.2) is 88.9 Å². The molecule has 3 amide bonds. The number of hydrogen-bond donors (Lipinski definition) is 1. The van der Waals surface area contributed by atoms with Gasteiger partial charge < -0.3 is 29.3 Å². The fourth-order valence-corrected chi connectivity index (χ4v) is 6.23. The van der Waals surface area contributed by atoms with Crippen molar-refractivity contribution in [2.24, 2.45) is 0 Å². The molecule has 4 atom stereocenters. The number of rotatable bonds is 4. The number of carbonyl (C=O) groups is 3. The van der Waals surface area contributed by atoms with E-state index in [1.165, 1.54) is 12.8 Å². The maximum Gasteiger partial charge on any atom is 0.410 e. The molecule has 6 rings (SSSR count). The molecule has 2 aromatic rings. The molecule has 4 aliphatic heterocycles. The lowest BCUT2D eigenvalue weighted by atomic mass is 10.2. The number of benzene rings is 2. The number of piperazine rings is 2. The molecule has 4 bridgehead atoms. The van der Waals surface area contributed by atoms with Crippen LogP contribution in [-0.2, 0) is 27.4 Å². The number of hydrogen-bond acceptors (Lipinski definition) is 7. The topological polar surface area (TPSA) is 101 Å². The number of ether oxygens (including phenoxy) is 3. The molecule has 0 spiro atoms. The minimum absolute atomic E-state index is 0.00883. The minimum Gasteiger partial charge on any atom is -0.445 e. The maximum absolute atomic E-state index is 12.5. The van der Waals surface area contributed by atoms with Gasteiger partial charge in [-0.3, -0.25) is 4.90 Å². The van der Waals surface area contributed by atoms with E-state index in [0.29, 0.717) is 31.8 Å². The van der Waals surface area contributed by atoms with Crippen LogP contribution < -0.4 is 5.32 Å². The molecular weight excluding hydrogens is 548 g/mol. The number of carbonyl (C=O) groups excluding carboxylic acids is 3. The van der Waals surface area contributed by atoms with Gasteiger partial charge in [0.05, 0.1) is 12.1 Å². The number of amides is 3. The van der Waals surface area contributed by atoms with Crippen LogP contribution in [0.1, 0.15) is 57.6 Å². The molecule has 1 N–H and O–H groups in total. The highest BCUT2D eigenvalue weighted by Crippen LogP contribution is 2.31. The Balaban J connectivity index is 0.000000180. The van der Waals surface area contributed by atoms with Crippen molar-refractivity contribution < 1.29 is 28.6 Å². The van der Waals surface area contributed by atoms with Crippen LogP contribution in [0.4, 0.5) is 14.4 Å². The standard InChI is InChI=1S/C19H26N2O4.C14H18N2O2/c1-19(2,3)25-17(22)20-11-15-9-10-16(12-20)21(15)18(23)24-13-14-7-5-4-6-8-14;17-14(18-10-11-4-2-1-3-5-11)16-8-12-6-7-13(9-16)15-12/h4-8,15-16H,9-13H2,1-3H3;1-5,12-13,15H,6-10H2. The van der Waals surface area contributed by atoms with Crippen molar-refractivity contribution in [3.05, 3.63) is 71.8 Å². The first kappa shape index (κ1) is 30.7. The van der Waals surface area contributed by atoms with Crippen LogP contribution in [0.5, 0.6) is 0 Å². The van der Waals surface area contributed by atoms with Gasteiger partial charge >= 0.3 is 18.3 Å². The number of fused-ring (bicyclic) bond motifs is 4. The molecule has 10 nitrogen and oxygen atoms in total. The highest BCUT2D eigenvalue weighted by Gasteiger charge is 2.45. The predicted molar refractivity (Wildman–Crippen MR) is 161 cm³/mol. The fourth-order valence-electron chi connectivity index (χ4n) is 6.23. The molecule has 0 aliphatic carbocycles. The van der Waals surface area contributed by atoms with E-state index in [1.54, 1.807) is 4.90 Å². The summed E-state index contributed by atoms with van der Waals surface area (Å²) >= 11 is 0. The first-order valence-corrected chi connectivity index (χ1v) is 15.3. The van der Waals surface area contributed by atoms with Crippen LogP contribution in [0.3, 0.4) is 0 Å². The second-order valence-corrected chi connectivity index (χ2v) is 12.8. The molecule has 0 radical (unpaired) electrons. The van der Waals surface area contributed by atoms with Gasteiger partial charge in [0.25, 0.3) is 0 Å². The lowest BCUT2D eigenvalue weighted by Crippen LogP contribution is -2.57. The number of nitrogens with one attached hydrogen (secondary N) is 1. The van der Waals surface area contributed by atoms with Gasteiger partial charge in [0, 0.05) is 38.3 Å². The largest absolute Gasteiger partial charge is 0.445 e. The number of likely N-dealkylation sites (tertiary alicyclic amines) is 2. The molecule has 43 heavy (non-hydrogen) atoms. The van der Waals surface area contributed by atoms with E-state index in [4.69, 9.17) is 14.2 Å². The van der Waals surface area contributed by atoms with Crippen LogP contribution in [0, 0.1) is 0 Å². The summed E-state index contributed by atoms with van der Waals surface area (Å²) < 4.78 is 16.3. The van der Waals surface area contributed by atoms with Gasteiger partial charge in [-0.2, -0.15) is 0 Å². The molecule has 2 aromatic carbocycles. The fraction of sp³-hybridized carbons (Fsp3) is 0.545. The zero-order valence-electron chi connectivity index (χ0n) is 25.4. The first-order chi connectivity index (χ1) is 20.6. The molecule has 232 valence electrons. The molecule has 4 heterocycles. The van der Waals surface area contributed by atoms with Crippen LogP contribution in [0.25, 0.3) is 0 Å². The van der Waals surface area contributed by atoms with E-state index in [9.17, 15) is 14.4 Å². The van der Waals surface area contributed by atoms with Gasteiger partial charge in [-0.1, -0.05) is 60.7 Å². The van der Waals surface area contributed by atoms with Crippen molar-refractivity contribution in [2.45, 2.75) is 89.4 Å². The average molecular weight is 593 g/mol. The summed E-state index contributed by atoms with van der Waals surface area (Å²) in [5, 5.41) is 3.50. The lowest BCUT2D eigenvalue weighted by Gasteiger charge is -2.40. The van der Waals surface area contributed by atoms with Gasteiger partial charge in [-0.15, -0.1) is 0 Å². The van der Waals surface area contributed by atoms with E-state index in [1.807, 2.05) is 91.2 Å². The smallest absolute Gasteiger partial charge is 0.410 e. The Labute approximate surface area is 254 Å². The summed E-state index contributed by atoms with van der Waals surface area (Å²) in [5.74, 6) is 0. The zero-order chi connectivity index (χ0) is 30.4. The summed E-state index contributed by atoms with van der Waals surface area (Å²) in [4.78, 5) is 42.1. The molecule has 10 heteroatoms. The van der Waals surface area contributed by atoms with E-state index in [-0.39, 0.29) is 37.0 Å². The molecule has 4 saturated heterocycles. The van der Waals surface area contributed by atoms with Crippen LogP contribution in [0.2, 0.25) is 0 Å². The molecular formula is C33H44N4O6. The van der Waals surface area contributed by atoms with E-state index < -0.39 is 5.60 Å². The molecule has 0 aromatic heterocycles. The van der Waals surface area contributed by atoms with E-state index >= 15 is 0 Å². The van der Waals surface area contributed by atoms with Crippen molar-refractivity contribution in [1.29, 1.82) is 0 Å². The normalized spacial score (nSPS) is 24.1. The average Bonchev–Trinajstić information content (AvgIpc) is 3.47. The summed E-state index contributed by atoms with van der Waals surface area (Å²) in [7, 11) is 0. The Hall–Kier alpha value is -3.79. The summed E-state index contributed by atoms with van der Waals surface area (Å²) in [6.45, 7) is 8.78. The number of nitrogens with zero attached hydrogens (tertiary/aromatic N) is 3. The Bertz CT molecular complexity index is 1210. The highest BCUT2D eigenvalue weighted by atomic mass is 16.6. The van der Waals surface area contributed by atoms with Crippen LogP contribution >= 0.6 is 0 Å². The minimum atomic E-state index is -0.512. The zero-order valence-corrected chi connectivity index (χ0v) is 25.4. The van der Waals surface area contributed by atoms with Gasteiger partial charge in [-0.25, -0.2) is 14.4 Å². The maximum atomic E-state index is 12.5. The Morgan fingerprint density at radius 1 is 0.674 bits per heavy atom. The van der Waals surface area contributed by atoms with Gasteiger partial charge in [-0.05, 0) is 57.6 Å². The van der Waals surface area contributed by atoms with Crippen molar-refractivity contribution in [3.63, 3.8) is 0 Å². The summed E-state index contributed by atoms with van der Waals surface area (Å²) in [6.07, 6.45) is 3.36. The SMILES string of the molecule is CC(C)(C)OC(=O)N1CC2CCC(C1)N2C(=O)OCc1ccccc1.O=C(OCc1ccccc1)N1CC2CCC(C1)N2. The first-order valence-electron chi connectivity index (χ1n) is 15.3. The van der Waals surface area contributed by atoms with Gasteiger partial charge in [0.15, 0.2) is 0 Å². The second kappa shape index (κ2) is 13.7. The van der Waals surface area contributed by atoms with Crippen molar-refractivity contribution in [1.82, 2.24) is 20.0 Å². The van der Waals surface area contributed by atoms with Crippen LogP contribution in [0.15, 0.2) is 60.7 Å². The van der Waals surface area contributed by atoms with E-state index in [2.05, 4.69) is 5.32 Å². The third kappa shape index (κ3) is 8.40. The third-order valence-corrected chi connectivity index (χ3v) is 8.23. The third-order valence-electron chi connectivity index (χ3n) is 8.23. The second-order valence-electron chi connectivity index (χ2n) is 12.8. The lowest BCUT2D eigenvalue weighted by molar-refractivity contribution is -0.00116. The summed E-state index contributed by atoms with van der Waals surface area (Å²) in [6, 6.07) is 20.4. The molecule has 4 aliphatic rings. The Morgan fingerprint density at radius 2 is 1.14 bits per heavy atom. The summed E-state index contributed by atoms with van der Waals surface area (Å²) in [5.41, 5.74) is 1.49. The molecule has 4 unspecified atom stereocenters. The molecule has 4 fully saturated rings. The highest BCUT2D eigenvalue weighted by molar-refractivity contribution is 5.72. The van der Waals surface area contributed by atoms with Gasteiger partial charge in [0.2, 0.25) is 0 Å². The van der Waals surface area contributed by atoms with Crippen molar-refractivity contribution >= 4 is 18.3 Å². The van der Waals surface area contributed by atoms with Crippen molar-refractivity contribution in [2.75, 3.05) is 26.2 Å². The van der Waals surface area contributed by atoms with E-state index in [0.717, 1.165) is 37.1 Å².